The van der Waals surface area contributed by atoms with Crippen LogP contribution >= 0.6 is 0 Å². The van der Waals surface area contributed by atoms with Crippen LogP contribution in [0.5, 0.6) is 0 Å². The molecule has 0 aliphatic heterocycles. The molecule has 0 aromatic carbocycles. The Hall–Kier alpha value is -1.22. The Morgan fingerprint density at radius 3 is 1.57 bits per heavy atom. The molecule has 0 spiro atoms. The maximum Gasteiger partial charge on any atom is 0.310 e. The van der Waals surface area contributed by atoms with Gasteiger partial charge in [0, 0.05) is 13.2 Å². The van der Waals surface area contributed by atoms with E-state index in [1.54, 1.807) is 0 Å². The number of carboxylic acids is 2. The van der Waals surface area contributed by atoms with Gasteiger partial charge in [-0.1, -0.05) is 39.5 Å². The van der Waals surface area contributed by atoms with Crippen molar-refractivity contribution in [3.63, 3.8) is 0 Å². The fourth-order valence-corrected chi connectivity index (χ4v) is 3.13. The summed E-state index contributed by atoms with van der Waals surface area (Å²) in [7, 11) is 0. The number of aliphatic hydroxyl groups is 2. The number of aliphatic carboxylic acids is 2. The maximum absolute atomic E-state index is 11.9. The van der Waals surface area contributed by atoms with E-state index in [1.165, 1.54) is 0 Å². The highest BCUT2D eigenvalue weighted by atomic mass is 16.5. The van der Waals surface area contributed by atoms with Crippen LogP contribution in [0.15, 0.2) is 0 Å². The number of rotatable bonds is 19. The molecule has 0 saturated carbocycles. The molecular weight excluding hydrogens is 368 g/mol. The van der Waals surface area contributed by atoms with Crippen molar-refractivity contribution < 1.29 is 39.5 Å². The molecule has 0 aromatic rings. The van der Waals surface area contributed by atoms with Gasteiger partial charge < -0.3 is 29.9 Å². The molecule has 0 amide bonds. The number of hydrogen-bond acceptors (Lipinski definition) is 6. The van der Waals surface area contributed by atoms with Gasteiger partial charge in [-0.3, -0.25) is 9.59 Å². The summed E-state index contributed by atoms with van der Waals surface area (Å²) in [5.74, 6) is -2.65. The molecule has 0 radical (unpaired) electrons. The lowest BCUT2D eigenvalue weighted by Crippen LogP contribution is -2.42. The zero-order chi connectivity index (χ0) is 21.4. The normalized spacial score (nSPS) is 15.7. The zero-order valence-electron chi connectivity index (χ0n) is 17.3. The van der Waals surface area contributed by atoms with E-state index in [0.717, 1.165) is 38.5 Å². The summed E-state index contributed by atoms with van der Waals surface area (Å²) in [6.45, 7) is 4.89. The van der Waals surface area contributed by atoms with E-state index in [9.17, 15) is 30.0 Å². The van der Waals surface area contributed by atoms with Crippen LogP contribution in [-0.2, 0) is 19.1 Å². The van der Waals surface area contributed by atoms with Crippen LogP contribution < -0.4 is 0 Å². The first-order valence-corrected chi connectivity index (χ1v) is 10.2. The van der Waals surface area contributed by atoms with Gasteiger partial charge >= 0.3 is 11.9 Å². The molecule has 0 saturated heterocycles. The topological polar surface area (TPSA) is 134 Å². The van der Waals surface area contributed by atoms with Gasteiger partial charge in [-0.2, -0.15) is 0 Å². The molecule has 0 bridgehead atoms. The monoisotopic (exact) mass is 406 g/mol. The first kappa shape index (κ1) is 26.8. The van der Waals surface area contributed by atoms with E-state index in [0.29, 0.717) is 13.2 Å². The lowest BCUT2D eigenvalue weighted by atomic mass is 9.75. The van der Waals surface area contributed by atoms with Crippen molar-refractivity contribution in [2.75, 3.05) is 26.4 Å². The number of carbonyl (C=O) groups is 2. The molecule has 2 atom stereocenters. The van der Waals surface area contributed by atoms with Crippen molar-refractivity contribution in [1.29, 1.82) is 0 Å². The van der Waals surface area contributed by atoms with Gasteiger partial charge in [-0.05, 0) is 25.7 Å². The Labute approximate surface area is 167 Å². The predicted molar refractivity (Wildman–Crippen MR) is 104 cm³/mol. The van der Waals surface area contributed by atoms with Crippen LogP contribution in [0.1, 0.15) is 71.6 Å². The van der Waals surface area contributed by atoms with Crippen LogP contribution in [0, 0.1) is 5.41 Å². The average Bonchev–Trinajstić information content (AvgIpc) is 2.60. The van der Waals surface area contributed by atoms with Gasteiger partial charge in [0.1, 0.15) is 0 Å². The third-order valence-corrected chi connectivity index (χ3v) is 4.60. The summed E-state index contributed by atoms with van der Waals surface area (Å²) in [5, 5.41) is 39.3. The smallest absolute Gasteiger partial charge is 0.310 e. The first-order chi connectivity index (χ1) is 13.3. The van der Waals surface area contributed by atoms with Crippen molar-refractivity contribution in [3.05, 3.63) is 0 Å². The minimum atomic E-state index is -1.79. The minimum Gasteiger partial charge on any atom is -0.481 e. The molecule has 0 aromatic heterocycles. The molecule has 2 unspecified atom stereocenters. The summed E-state index contributed by atoms with van der Waals surface area (Å²) in [6, 6.07) is 0. The SMILES string of the molecule is CCCCCOCC(O)CC(CC(=O)O)(CC(O)COCCCCC)C(=O)O. The maximum atomic E-state index is 11.9. The Balaban J connectivity index is 4.77. The second-order valence-electron chi connectivity index (χ2n) is 7.44. The lowest BCUT2D eigenvalue weighted by Gasteiger charge is -2.32. The highest BCUT2D eigenvalue weighted by Crippen LogP contribution is 2.35. The van der Waals surface area contributed by atoms with Crippen LogP contribution in [0.2, 0.25) is 0 Å². The fraction of sp³-hybridized carbons (Fsp3) is 0.900. The van der Waals surface area contributed by atoms with E-state index in [2.05, 4.69) is 13.8 Å². The van der Waals surface area contributed by atoms with Gasteiger partial charge in [-0.15, -0.1) is 0 Å². The molecule has 0 heterocycles. The van der Waals surface area contributed by atoms with E-state index < -0.39 is 36.0 Å². The summed E-state index contributed by atoms with van der Waals surface area (Å²) in [5.41, 5.74) is -1.79. The molecule has 166 valence electrons. The molecule has 8 heteroatoms. The Bertz CT molecular complexity index is 404. The Kier molecular flexibility index (Phi) is 15.0. The van der Waals surface area contributed by atoms with Crippen LogP contribution in [0.4, 0.5) is 0 Å². The van der Waals surface area contributed by atoms with Crippen LogP contribution in [0.25, 0.3) is 0 Å². The molecule has 0 aliphatic rings. The quantitative estimate of drug-likeness (QED) is 0.240. The number of hydrogen-bond donors (Lipinski definition) is 4. The summed E-state index contributed by atoms with van der Waals surface area (Å²) >= 11 is 0. The number of aliphatic hydroxyl groups excluding tert-OH is 2. The highest BCUT2D eigenvalue weighted by Gasteiger charge is 2.44. The van der Waals surface area contributed by atoms with Crippen molar-refractivity contribution in [1.82, 2.24) is 0 Å². The average molecular weight is 407 g/mol. The third kappa shape index (κ3) is 12.3. The van der Waals surface area contributed by atoms with Crippen molar-refractivity contribution in [2.45, 2.75) is 83.8 Å². The summed E-state index contributed by atoms with van der Waals surface area (Å²) in [6.07, 6.45) is 2.18. The molecule has 28 heavy (non-hydrogen) atoms. The molecule has 0 aliphatic carbocycles. The zero-order valence-corrected chi connectivity index (χ0v) is 17.3. The fourth-order valence-electron chi connectivity index (χ4n) is 3.13. The second-order valence-corrected chi connectivity index (χ2v) is 7.44. The van der Waals surface area contributed by atoms with Gasteiger partial charge in [0.15, 0.2) is 0 Å². The number of unbranched alkanes of at least 4 members (excludes halogenated alkanes) is 4. The van der Waals surface area contributed by atoms with E-state index in [1.807, 2.05) is 0 Å². The Morgan fingerprint density at radius 1 is 0.821 bits per heavy atom. The molecule has 0 rings (SSSR count). The molecule has 0 fully saturated rings. The van der Waals surface area contributed by atoms with Crippen molar-refractivity contribution in [2.24, 2.45) is 5.41 Å². The highest BCUT2D eigenvalue weighted by molar-refractivity contribution is 5.81. The number of ether oxygens (including phenoxy) is 2. The second kappa shape index (κ2) is 15.7. The van der Waals surface area contributed by atoms with Crippen LogP contribution in [-0.4, -0.2) is 71.0 Å². The van der Waals surface area contributed by atoms with E-state index in [4.69, 9.17) is 9.47 Å². The first-order valence-electron chi connectivity index (χ1n) is 10.2. The molecule has 8 nitrogen and oxygen atoms in total. The van der Waals surface area contributed by atoms with E-state index >= 15 is 0 Å². The largest absolute Gasteiger partial charge is 0.481 e. The lowest BCUT2D eigenvalue weighted by molar-refractivity contribution is -0.161. The van der Waals surface area contributed by atoms with Gasteiger partial charge in [0.05, 0.1) is 37.3 Å². The van der Waals surface area contributed by atoms with Crippen molar-refractivity contribution in [3.8, 4) is 0 Å². The minimum absolute atomic E-state index is 0.0675. The summed E-state index contributed by atoms with van der Waals surface area (Å²) in [4.78, 5) is 23.1. The number of carboxylic acid groups (broad SMARTS) is 2. The van der Waals surface area contributed by atoms with Gasteiger partial charge in [-0.25, -0.2) is 0 Å². The van der Waals surface area contributed by atoms with E-state index in [-0.39, 0.29) is 26.1 Å². The van der Waals surface area contributed by atoms with Gasteiger partial charge in [0.25, 0.3) is 0 Å². The predicted octanol–water partition coefficient (Wildman–Crippen LogP) is 2.45. The van der Waals surface area contributed by atoms with Gasteiger partial charge in [0.2, 0.25) is 0 Å². The van der Waals surface area contributed by atoms with Crippen LogP contribution in [0.3, 0.4) is 0 Å². The molecular formula is C20H38O8. The van der Waals surface area contributed by atoms with Crippen molar-refractivity contribution >= 4 is 11.9 Å². The third-order valence-electron chi connectivity index (χ3n) is 4.60. The molecule has 4 N–H and O–H groups in total. The summed E-state index contributed by atoms with van der Waals surface area (Å²) < 4.78 is 10.7. The standard InChI is InChI=1S/C20H38O8/c1-3-5-7-9-27-14-16(21)11-20(19(25)26,13-18(23)24)12-17(22)15-28-10-8-6-4-2/h16-17,21-22H,3-15H2,1-2H3,(H,23,24)(H,25,26). The Morgan fingerprint density at radius 2 is 1.25 bits per heavy atom.